The van der Waals surface area contributed by atoms with E-state index in [0.717, 1.165) is 11.1 Å². The second-order valence-electron chi connectivity index (χ2n) is 7.67. The summed E-state index contributed by atoms with van der Waals surface area (Å²) in [4.78, 5) is 0. The van der Waals surface area contributed by atoms with Crippen LogP contribution in [-0.4, -0.2) is 43.6 Å². The van der Waals surface area contributed by atoms with Crippen LogP contribution in [0.2, 0.25) is 0 Å². The molecule has 6 heteroatoms. The van der Waals surface area contributed by atoms with Crippen LogP contribution < -0.4 is 0 Å². The highest BCUT2D eigenvalue weighted by molar-refractivity contribution is 5.14. The number of allylic oxidation sites excluding steroid dienone is 1. The first-order valence-corrected chi connectivity index (χ1v) is 10.7. The van der Waals surface area contributed by atoms with Gasteiger partial charge in [0.25, 0.3) is 0 Å². The molecule has 0 bridgehead atoms. The molecule has 2 aliphatic heterocycles. The number of benzene rings is 2. The molecular formula is C25H30O6. The van der Waals surface area contributed by atoms with Crippen molar-refractivity contribution in [3.8, 4) is 0 Å². The summed E-state index contributed by atoms with van der Waals surface area (Å²) in [7, 11) is 0. The third kappa shape index (κ3) is 5.73. The summed E-state index contributed by atoms with van der Waals surface area (Å²) in [5.74, 6) is 0. The summed E-state index contributed by atoms with van der Waals surface area (Å²) in [6, 6.07) is 20.1. The molecular weight excluding hydrogens is 396 g/mol. The average Bonchev–Trinajstić information content (AvgIpc) is 2.81. The Morgan fingerprint density at radius 3 is 2.10 bits per heavy atom. The van der Waals surface area contributed by atoms with Crippen LogP contribution in [0.15, 0.2) is 73.0 Å². The van der Waals surface area contributed by atoms with Gasteiger partial charge in [-0.05, 0) is 25.0 Å². The fourth-order valence-corrected chi connectivity index (χ4v) is 3.83. The van der Waals surface area contributed by atoms with Crippen molar-refractivity contribution < 1.29 is 28.4 Å². The molecule has 2 heterocycles. The minimum absolute atomic E-state index is 0.302. The molecule has 0 saturated carbocycles. The van der Waals surface area contributed by atoms with Crippen molar-refractivity contribution in [2.45, 2.75) is 64.1 Å². The summed E-state index contributed by atoms with van der Waals surface area (Å²) in [5.41, 5.74) is 2.15. The Balaban J connectivity index is 1.56. The van der Waals surface area contributed by atoms with Crippen LogP contribution in [0.3, 0.4) is 0 Å². The van der Waals surface area contributed by atoms with Crippen molar-refractivity contribution in [2.24, 2.45) is 0 Å². The molecule has 0 aromatic heterocycles. The van der Waals surface area contributed by atoms with Crippen LogP contribution >= 0.6 is 0 Å². The van der Waals surface area contributed by atoms with E-state index in [1.165, 1.54) is 0 Å². The Morgan fingerprint density at radius 2 is 1.48 bits per heavy atom. The highest BCUT2D eigenvalue weighted by Gasteiger charge is 2.51. The monoisotopic (exact) mass is 426 g/mol. The lowest BCUT2D eigenvalue weighted by atomic mass is 9.97. The van der Waals surface area contributed by atoms with Gasteiger partial charge < -0.3 is 28.4 Å². The van der Waals surface area contributed by atoms with E-state index in [1.807, 2.05) is 80.6 Å². The molecule has 6 nitrogen and oxygen atoms in total. The van der Waals surface area contributed by atoms with E-state index in [1.54, 1.807) is 6.26 Å². The third-order valence-electron chi connectivity index (χ3n) is 5.35. The molecule has 2 aliphatic rings. The van der Waals surface area contributed by atoms with E-state index in [2.05, 4.69) is 0 Å². The first kappa shape index (κ1) is 22.0. The molecule has 2 fully saturated rings. The largest absolute Gasteiger partial charge is 0.470 e. The van der Waals surface area contributed by atoms with Gasteiger partial charge in [0.2, 0.25) is 6.29 Å². The molecule has 0 spiro atoms. The van der Waals surface area contributed by atoms with Crippen LogP contribution in [0.4, 0.5) is 0 Å². The van der Waals surface area contributed by atoms with E-state index in [9.17, 15) is 0 Å². The van der Waals surface area contributed by atoms with Gasteiger partial charge in [-0.2, -0.15) is 0 Å². The molecule has 2 aromatic carbocycles. The lowest BCUT2D eigenvalue weighted by Crippen LogP contribution is -2.64. The van der Waals surface area contributed by atoms with Crippen LogP contribution in [0.1, 0.15) is 25.0 Å². The first-order chi connectivity index (χ1) is 15.2. The maximum absolute atomic E-state index is 6.41. The van der Waals surface area contributed by atoms with E-state index in [-0.39, 0.29) is 24.6 Å². The van der Waals surface area contributed by atoms with Crippen molar-refractivity contribution >= 4 is 0 Å². The fraction of sp³-hybridized carbons (Fsp3) is 0.440. The highest BCUT2D eigenvalue weighted by atomic mass is 16.8. The van der Waals surface area contributed by atoms with Gasteiger partial charge in [-0.3, -0.25) is 0 Å². The second-order valence-corrected chi connectivity index (χ2v) is 7.67. The summed E-state index contributed by atoms with van der Waals surface area (Å²) in [5, 5.41) is 0. The molecule has 31 heavy (non-hydrogen) atoms. The summed E-state index contributed by atoms with van der Waals surface area (Å²) in [6.07, 6.45) is 0.974. The van der Waals surface area contributed by atoms with E-state index >= 15 is 0 Å². The van der Waals surface area contributed by atoms with Crippen molar-refractivity contribution in [2.75, 3.05) is 6.61 Å². The van der Waals surface area contributed by atoms with E-state index < -0.39 is 12.4 Å². The lowest BCUT2D eigenvalue weighted by Gasteiger charge is -2.48. The molecule has 2 saturated heterocycles. The average molecular weight is 427 g/mol. The standard InChI is InChI=1S/C25H30O6/c1-3-14-26-25-24(29-16-20-12-8-5-9-13-20)23(28-15-19-10-6-4-7-11-19)22-21(31-25)17-27-18(2)30-22/h3-14,18,21-25H,15-17H2,1-2H3/b14-3-/t18?,21-,22-,23-,24-,25-/m1/s1. The molecule has 0 N–H and O–H groups in total. The Bertz CT molecular complexity index is 811. The molecule has 166 valence electrons. The van der Waals surface area contributed by atoms with Crippen molar-refractivity contribution in [1.29, 1.82) is 0 Å². The van der Waals surface area contributed by atoms with Gasteiger partial charge in [-0.25, -0.2) is 0 Å². The smallest absolute Gasteiger partial charge is 0.228 e. The number of ether oxygens (including phenoxy) is 6. The fourth-order valence-electron chi connectivity index (χ4n) is 3.83. The third-order valence-corrected chi connectivity index (χ3v) is 5.35. The van der Waals surface area contributed by atoms with Gasteiger partial charge in [-0.15, -0.1) is 0 Å². The van der Waals surface area contributed by atoms with E-state index in [0.29, 0.717) is 19.8 Å². The predicted molar refractivity (Wildman–Crippen MR) is 115 cm³/mol. The Hall–Kier alpha value is -2.22. The Kier molecular flexibility index (Phi) is 7.72. The molecule has 6 atom stereocenters. The topological polar surface area (TPSA) is 55.4 Å². The van der Waals surface area contributed by atoms with Crippen LogP contribution in [0.5, 0.6) is 0 Å². The van der Waals surface area contributed by atoms with Crippen LogP contribution in [-0.2, 0) is 41.6 Å². The van der Waals surface area contributed by atoms with Gasteiger partial charge in [0.05, 0.1) is 26.1 Å². The van der Waals surface area contributed by atoms with E-state index in [4.69, 9.17) is 28.4 Å². The predicted octanol–water partition coefficient (Wildman–Crippen LogP) is 4.19. The number of fused-ring (bicyclic) bond motifs is 1. The molecule has 2 aromatic rings. The normalized spacial score (nSPS) is 30.8. The lowest BCUT2D eigenvalue weighted by molar-refractivity contribution is -0.361. The molecule has 4 rings (SSSR count). The SMILES string of the molecule is C/C=C\O[C@@H]1O[C@@H]2COC(C)O[C@H]2[C@@H](OCc2ccccc2)[C@H]1OCc1ccccc1. The maximum Gasteiger partial charge on any atom is 0.228 e. The van der Waals surface area contributed by atoms with Crippen molar-refractivity contribution in [3.63, 3.8) is 0 Å². The summed E-state index contributed by atoms with van der Waals surface area (Å²) < 4.78 is 36.6. The zero-order valence-electron chi connectivity index (χ0n) is 18.0. The minimum atomic E-state index is -0.637. The number of rotatable bonds is 8. The zero-order valence-corrected chi connectivity index (χ0v) is 18.0. The molecule has 1 unspecified atom stereocenters. The molecule has 0 amide bonds. The Morgan fingerprint density at radius 1 is 0.871 bits per heavy atom. The number of hydrogen-bond acceptors (Lipinski definition) is 6. The van der Waals surface area contributed by atoms with Gasteiger partial charge >= 0.3 is 0 Å². The quantitative estimate of drug-likeness (QED) is 0.590. The second kappa shape index (κ2) is 10.9. The summed E-state index contributed by atoms with van der Waals surface area (Å²) >= 11 is 0. The molecule has 0 aliphatic carbocycles. The zero-order chi connectivity index (χ0) is 21.5. The summed E-state index contributed by atoms with van der Waals surface area (Å²) in [6.45, 7) is 5.04. The van der Waals surface area contributed by atoms with Crippen LogP contribution in [0, 0.1) is 0 Å². The van der Waals surface area contributed by atoms with Gasteiger partial charge in [-0.1, -0.05) is 66.7 Å². The van der Waals surface area contributed by atoms with Gasteiger partial charge in [0.1, 0.15) is 24.4 Å². The number of hydrogen-bond donors (Lipinski definition) is 0. The molecule has 0 radical (unpaired) electrons. The first-order valence-electron chi connectivity index (χ1n) is 10.7. The van der Waals surface area contributed by atoms with Crippen LogP contribution in [0.25, 0.3) is 0 Å². The Labute approximate surface area is 183 Å². The highest BCUT2D eigenvalue weighted by Crippen LogP contribution is 2.33. The minimum Gasteiger partial charge on any atom is -0.470 e. The maximum atomic E-state index is 6.41. The van der Waals surface area contributed by atoms with Crippen molar-refractivity contribution in [1.82, 2.24) is 0 Å². The van der Waals surface area contributed by atoms with Crippen molar-refractivity contribution in [3.05, 3.63) is 84.1 Å². The van der Waals surface area contributed by atoms with Gasteiger partial charge in [0, 0.05) is 0 Å². The van der Waals surface area contributed by atoms with Gasteiger partial charge in [0.15, 0.2) is 6.29 Å².